The Labute approximate surface area is 183 Å². The quantitative estimate of drug-likeness (QED) is 0.342. The van der Waals surface area contributed by atoms with Crippen LogP contribution in [0.15, 0.2) is 59.6 Å². The first kappa shape index (κ1) is 22.8. The number of nitrogens with zero attached hydrogens (tertiary/aromatic N) is 4. The van der Waals surface area contributed by atoms with Crippen molar-refractivity contribution in [2.24, 2.45) is 0 Å². The molecule has 0 aliphatic rings. The predicted molar refractivity (Wildman–Crippen MR) is 119 cm³/mol. The van der Waals surface area contributed by atoms with Crippen molar-refractivity contribution in [3.63, 3.8) is 0 Å². The zero-order valence-electron chi connectivity index (χ0n) is 17.1. The van der Waals surface area contributed by atoms with E-state index in [1.54, 1.807) is 24.4 Å². The van der Waals surface area contributed by atoms with Gasteiger partial charge in [-0.2, -0.15) is 18.2 Å². The summed E-state index contributed by atoms with van der Waals surface area (Å²) in [6, 6.07) is 13.3. The summed E-state index contributed by atoms with van der Waals surface area (Å²) in [7, 11) is 4.01. The molecule has 164 valence electrons. The lowest BCUT2D eigenvalue weighted by Gasteiger charge is -2.13. The fourth-order valence-electron chi connectivity index (χ4n) is 2.75. The van der Waals surface area contributed by atoms with Crippen LogP contribution in [-0.4, -0.2) is 52.5 Å². The van der Waals surface area contributed by atoms with Gasteiger partial charge in [0.2, 0.25) is 5.95 Å². The standard InChI is InChI=1S/C21H23F3N6S/c1-30(2)12-6-11-26-20-28-18(17-9-3-4-10-25-17)14-19(29-20)27-15-7-5-8-16(13-15)31-21(22,23)24/h3-5,7-10,13-14H,6,11-12H2,1-2H3,(H2,26,27,28,29). The SMILES string of the molecule is CN(C)CCCNc1nc(Nc2cccc(SC(F)(F)F)c2)cc(-c2ccccn2)n1. The highest BCUT2D eigenvalue weighted by Gasteiger charge is 2.29. The maximum Gasteiger partial charge on any atom is 0.446 e. The Bertz CT molecular complexity index is 982. The highest BCUT2D eigenvalue weighted by molar-refractivity contribution is 8.00. The van der Waals surface area contributed by atoms with Gasteiger partial charge in [0.05, 0.1) is 11.4 Å². The van der Waals surface area contributed by atoms with Crippen molar-refractivity contribution in [2.75, 3.05) is 37.8 Å². The smallest absolute Gasteiger partial charge is 0.354 e. The number of pyridine rings is 1. The maximum atomic E-state index is 12.7. The summed E-state index contributed by atoms with van der Waals surface area (Å²) in [5.74, 6) is 0.880. The number of halogens is 3. The molecule has 0 fully saturated rings. The van der Waals surface area contributed by atoms with E-state index in [1.165, 1.54) is 12.1 Å². The molecule has 0 saturated heterocycles. The topological polar surface area (TPSA) is 66.0 Å². The molecular formula is C21H23F3N6S. The highest BCUT2D eigenvalue weighted by atomic mass is 32.2. The van der Waals surface area contributed by atoms with E-state index < -0.39 is 5.51 Å². The molecule has 0 radical (unpaired) electrons. The van der Waals surface area contributed by atoms with E-state index in [-0.39, 0.29) is 16.7 Å². The van der Waals surface area contributed by atoms with Gasteiger partial charge in [-0.1, -0.05) is 12.1 Å². The zero-order valence-corrected chi connectivity index (χ0v) is 18.0. The van der Waals surface area contributed by atoms with Crippen molar-refractivity contribution in [3.8, 4) is 11.4 Å². The first-order chi connectivity index (χ1) is 14.8. The molecular weight excluding hydrogens is 425 g/mol. The molecule has 2 heterocycles. The largest absolute Gasteiger partial charge is 0.446 e. The zero-order chi connectivity index (χ0) is 22.3. The molecule has 0 saturated carbocycles. The molecule has 2 N–H and O–H groups in total. The van der Waals surface area contributed by atoms with Gasteiger partial charge < -0.3 is 15.5 Å². The van der Waals surface area contributed by atoms with Gasteiger partial charge in [0.1, 0.15) is 5.82 Å². The molecule has 0 aliphatic carbocycles. The Kier molecular flexibility index (Phi) is 7.69. The molecule has 2 aromatic heterocycles. The maximum absolute atomic E-state index is 12.7. The van der Waals surface area contributed by atoms with Crippen LogP contribution in [0.1, 0.15) is 6.42 Å². The van der Waals surface area contributed by atoms with Gasteiger partial charge in [-0.3, -0.25) is 4.98 Å². The first-order valence-corrected chi connectivity index (χ1v) is 10.4. The van der Waals surface area contributed by atoms with E-state index in [9.17, 15) is 13.2 Å². The van der Waals surface area contributed by atoms with Crippen molar-refractivity contribution < 1.29 is 13.2 Å². The molecule has 0 unspecified atom stereocenters. The predicted octanol–water partition coefficient (Wildman–Crippen LogP) is 5.26. The van der Waals surface area contributed by atoms with Crippen molar-refractivity contribution >= 4 is 29.2 Å². The van der Waals surface area contributed by atoms with Gasteiger partial charge in [0, 0.05) is 29.4 Å². The third-order valence-electron chi connectivity index (χ3n) is 4.06. The Balaban J connectivity index is 1.83. The molecule has 0 spiro atoms. The molecule has 3 aromatic rings. The van der Waals surface area contributed by atoms with Crippen molar-refractivity contribution in [3.05, 3.63) is 54.7 Å². The first-order valence-electron chi connectivity index (χ1n) is 9.60. The lowest BCUT2D eigenvalue weighted by molar-refractivity contribution is -0.0328. The molecule has 0 atom stereocenters. The van der Waals surface area contributed by atoms with Gasteiger partial charge in [0.25, 0.3) is 0 Å². The fraction of sp³-hybridized carbons (Fsp3) is 0.286. The third-order valence-corrected chi connectivity index (χ3v) is 4.78. The van der Waals surface area contributed by atoms with Crippen LogP contribution in [0.2, 0.25) is 0 Å². The number of aromatic nitrogens is 3. The van der Waals surface area contributed by atoms with Gasteiger partial charge in [-0.05, 0) is 69.2 Å². The van der Waals surface area contributed by atoms with E-state index >= 15 is 0 Å². The molecule has 31 heavy (non-hydrogen) atoms. The van der Waals surface area contributed by atoms with Crippen molar-refractivity contribution in [2.45, 2.75) is 16.8 Å². The van der Waals surface area contributed by atoms with Crippen LogP contribution in [0.5, 0.6) is 0 Å². The summed E-state index contributed by atoms with van der Waals surface area (Å²) in [5, 5.41) is 6.29. The van der Waals surface area contributed by atoms with Crippen LogP contribution in [0.3, 0.4) is 0 Å². The number of alkyl halides is 3. The minimum atomic E-state index is -4.34. The lowest BCUT2D eigenvalue weighted by atomic mass is 10.2. The van der Waals surface area contributed by atoms with Crippen LogP contribution < -0.4 is 10.6 Å². The van der Waals surface area contributed by atoms with E-state index in [0.29, 0.717) is 35.4 Å². The highest BCUT2D eigenvalue weighted by Crippen LogP contribution is 2.37. The van der Waals surface area contributed by atoms with Crippen molar-refractivity contribution in [1.29, 1.82) is 0 Å². The van der Waals surface area contributed by atoms with Crippen LogP contribution >= 0.6 is 11.8 Å². The Hall–Kier alpha value is -2.85. The van der Waals surface area contributed by atoms with Gasteiger partial charge >= 0.3 is 5.51 Å². The average molecular weight is 449 g/mol. The van der Waals surface area contributed by atoms with Crippen LogP contribution in [-0.2, 0) is 0 Å². The molecule has 10 heteroatoms. The molecule has 0 bridgehead atoms. The molecule has 3 rings (SSSR count). The van der Waals surface area contributed by atoms with Crippen LogP contribution in [0.25, 0.3) is 11.4 Å². The second-order valence-electron chi connectivity index (χ2n) is 6.96. The molecule has 6 nitrogen and oxygen atoms in total. The summed E-state index contributed by atoms with van der Waals surface area (Å²) in [5.41, 5.74) is -2.57. The average Bonchev–Trinajstić information content (AvgIpc) is 2.71. The number of rotatable bonds is 9. The Morgan fingerprint density at radius 2 is 1.84 bits per heavy atom. The monoisotopic (exact) mass is 448 g/mol. The van der Waals surface area contributed by atoms with Crippen LogP contribution in [0.4, 0.5) is 30.6 Å². The second-order valence-corrected chi connectivity index (χ2v) is 8.10. The van der Waals surface area contributed by atoms with Gasteiger partial charge in [0.15, 0.2) is 0 Å². The minimum Gasteiger partial charge on any atom is -0.354 e. The Morgan fingerprint density at radius 3 is 2.55 bits per heavy atom. The molecule has 1 aromatic carbocycles. The van der Waals surface area contributed by atoms with E-state index in [1.807, 2.05) is 32.3 Å². The number of hydrogen-bond donors (Lipinski definition) is 2. The van der Waals surface area contributed by atoms with Gasteiger partial charge in [-0.15, -0.1) is 0 Å². The summed E-state index contributed by atoms with van der Waals surface area (Å²) in [6.07, 6.45) is 2.58. The number of nitrogens with one attached hydrogen (secondary N) is 2. The fourth-order valence-corrected chi connectivity index (χ4v) is 3.35. The summed E-state index contributed by atoms with van der Waals surface area (Å²) >= 11 is -0.155. The number of hydrogen-bond acceptors (Lipinski definition) is 7. The summed E-state index contributed by atoms with van der Waals surface area (Å²) in [4.78, 5) is 15.5. The van der Waals surface area contributed by atoms with Gasteiger partial charge in [-0.25, -0.2) is 4.98 Å². The van der Waals surface area contributed by atoms with E-state index in [4.69, 9.17) is 0 Å². The number of thioether (sulfide) groups is 1. The molecule has 0 amide bonds. The summed E-state index contributed by atoms with van der Waals surface area (Å²) < 4.78 is 38.1. The normalized spacial score (nSPS) is 11.5. The summed E-state index contributed by atoms with van der Waals surface area (Å²) in [6.45, 7) is 1.60. The molecule has 0 aliphatic heterocycles. The van der Waals surface area contributed by atoms with E-state index in [2.05, 4.69) is 30.5 Å². The third kappa shape index (κ3) is 7.72. The minimum absolute atomic E-state index is 0.0959. The second kappa shape index (κ2) is 10.5. The van der Waals surface area contributed by atoms with Crippen LogP contribution in [0, 0.1) is 0 Å². The van der Waals surface area contributed by atoms with E-state index in [0.717, 1.165) is 13.0 Å². The van der Waals surface area contributed by atoms with Crippen molar-refractivity contribution in [1.82, 2.24) is 19.9 Å². The number of benzene rings is 1. The Morgan fingerprint density at radius 1 is 1.00 bits per heavy atom. The lowest BCUT2D eigenvalue weighted by Crippen LogP contribution is -2.17. The number of anilines is 3.